The number of methoxy groups -OCH3 is 1. The van der Waals surface area contributed by atoms with E-state index in [-0.39, 0.29) is 6.04 Å². The fraction of sp³-hybridized carbons (Fsp3) is 0.440. The molecule has 2 aliphatic rings. The summed E-state index contributed by atoms with van der Waals surface area (Å²) >= 11 is 0. The second kappa shape index (κ2) is 10.6. The summed E-state index contributed by atoms with van der Waals surface area (Å²) in [6, 6.07) is 5.79. The van der Waals surface area contributed by atoms with Crippen LogP contribution < -0.4 is 19.9 Å². The number of aromatic amines is 1. The van der Waals surface area contributed by atoms with E-state index in [0.717, 1.165) is 62.0 Å². The van der Waals surface area contributed by atoms with Gasteiger partial charge in [0.2, 0.25) is 11.8 Å². The monoisotopic (exact) mass is 518 g/mol. The van der Waals surface area contributed by atoms with Gasteiger partial charge in [-0.3, -0.25) is 5.10 Å². The minimum absolute atomic E-state index is 0.0659. The number of morpholine rings is 1. The fourth-order valence-electron chi connectivity index (χ4n) is 4.82. The van der Waals surface area contributed by atoms with Gasteiger partial charge >= 0.3 is 0 Å². The van der Waals surface area contributed by atoms with Gasteiger partial charge in [0, 0.05) is 55.9 Å². The zero-order valence-corrected chi connectivity index (χ0v) is 21.4. The summed E-state index contributed by atoms with van der Waals surface area (Å²) in [4.78, 5) is 22.9. The number of rotatable bonds is 8. The van der Waals surface area contributed by atoms with Crippen molar-refractivity contribution in [2.24, 2.45) is 0 Å². The Kier molecular flexibility index (Phi) is 6.73. The largest absolute Gasteiger partial charge is 0.479 e. The van der Waals surface area contributed by atoms with Crippen molar-refractivity contribution in [2.45, 2.75) is 32.2 Å². The van der Waals surface area contributed by atoms with Crippen LogP contribution >= 0.6 is 0 Å². The van der Waals surface area contributed by atoms with Crippen LogP contribution in [0, 0.1) is 0 Å². The lowest BCUT2D eigenvalue weighted by Crippen LogP contribution is -2.37. The van der Waals surface area contributed by atoms with Gasteiger partial charge in [0.1, 0.15) is 17.3 Å². The standard InChI is InChI=1S/C25H30N10O3/c1-3-16-13-21(32-31-16)28-20-15-22(34-9-11-37-12-10-34)30-25(29-20)35-8-4-5-18(35)19-14-17(33-38-19)23-24(36-2)27-7-6-26-23/h6-7,13-15,18H,3-5,8-12H2,1-2H3,(H2,28,29,30,31,32). The number of aromatic nitrogens is 7. The van der Waals surface area contributed by atoms with Gasteiger partial charge in [0.15, 0.2) is 17.3 Å². The van der Waals surface area contributed by atoms with Crippen LogP contribution in [0.2, 0.25) is 0 Å². The Bertz CT molecular complexity index is 1380. The highest BCUT2D eigenvalue weighted by Crippen LogP contribution is 2.38. The minimum Gasteiger partial charge on any atom is -0.479 e. The van der Waals surface area contributed by atoms with E-state index in [1.54, 1.807) is 19.5 Å². The Morgan fingerprint density at radius 2 is 1.95 bits per heavy atom. The first-order valence-electron chi connectivity index (χ1n) is 12.8. The molecule has 6 heterocycles. The summed E-state index contributed by atoms with van der Waals surface area (Å²) in [7, 11) is 1.56. The van der Waals surface area contributed by atoms with Gasteiger partial charge < -0.3 is 29.1 Å². The van der Waals surface area contributed by atoms with Crippen molar-refractivity contribution < 1.29 is 14.0 Å². The Balaban J connectivity index is 1.32. The molecule has 13 nitrogen and oxygen atoms in total. The number of H-pyrrole nitrogens is 1. The first-order chi connectivity index (χ1) is 18.7. The van der Waals surface area contributed by atoms with E-state index in [1.807, 2.05) is 18.2 Å². The molecule has 4 aromatic rings. The third kappa shape index (κ3) is 4.84. The van der Waals surface area contributed by atoms with Gasteiger partial charge in [0.25, 0.3) is 0 Å². The molecule has 0 aromatic carbocycles. The molecule has 198 valence electrons. The van der Waals surface area contributed by atoms with Crippen LogP contribution in [0.4, 0.5) is 23.4 Å². The van der Waals surface area contributed by atoms with Crippen molar-refractivity contribution in [2.75, 3.05) is 55.1 Å². The van der Waals surface area contributed by atoms with E-state index in [9.17, 15) is 0 Å². The van der Waals surface area contributed by atoms with E-state index in [1.165, 1.54) is 0 Å². The third-order valence-electron chi connectivity index (χ3n) is 6.77. The smallest absolute Gasteiger partial charge is 0.242 e. The summed E-state index contributed by atoms with van der Waals surface area (Å²) < 4.78 is 16.7. The number of aryl methyl sites for hydroxylation is 1. The average molecular weight is 519 g/mol. The normalized spacial score (nSPS) is 17.7. The number of hydrogen-bond donors (Lipinski definition) is 2. The Hall–Kier alpha value is -4.26. The minimum atomic E-state index is -0.0659. The summed E-state index contributed by atoms with van der Waals surface area (Å²) in [6.45, 7) is 5.75. The maximum absolute atomic E-state index is 5.81. The lowest BCUT2D eigenvalue weighted by atomic mass is 10.1. The second-order valence-corrected chi connectivity index (χ2v) is 9.15. The van der Waals surface area contributed by atoms with Crippen LogP contribution in [0.15, 0.2) is 35.1 Å². The third-order valence-corrected chi connectivity index (χ3v) is 6.77. The lowest BCUT2D eigenvalue weighted by molar-refractivity contribution is 0.122. The maximum Gasteiger partial charge on any atom is 0.242 e. The van der Waals surface area contributed by atoms with Crippen LogP contribution in [0.25, 0.3) is 11.4 Å². The molecule has 2 saturated heterocycles. The van der Waals surface area contributed by atoms with Crippen molar-refractivity contribution in [3.63, 3.8) is 0 Å². The SMILES string of the molecule is CCc1cc(Nc2cc(N3CCOCC3)nc(N3CCCC3c3cc(-c4nccnc4OC)no3)n2)n[nH]1. The number of ether oxygens (including phenoxy) is 2. The van der Waals surface area contributed by atoms with Gasteiger partial charge in [-0.25, -0.2) is 9.97 Å². The Morgan fingerprint density at radius 1 is 1.08 bits per heavy atom. The zero-order chi connectivity index (χ0) is 25.9. The highest BCUT2D eigenvalue weighted by atomic mass is 16.5. The lowest BCUT2D eigenvalue weighted by Gasteiger charge is -2.30. The summed E-state index contributed by atoms with van der Waals surface area (Å²) in [5, 5.41) is 15.0. The summed E-state index contributed by atoms with van der Waals surface area (Å²) in [5.74, 6) is 3.99. The summed E-state index contributed by atoms with van der Waals surface area (Å²) in [6.07, 6.45) is 5.92. The molecular weight excluding hydrogens is 488 g/mol. The van der Waals surface area contributed by atoms with Gasteiger partial charge in [-0.15, -0.1) is 0 Å². The molecule has 0 spiro atoms. The van der Waals surface area contributed by atoms with Gasteiger partial charge in [-0.05, 0) is 19.3 Å². The number of nitrogens with zero attached hydrogens (tertiary/aromatic N) is 8. The zero-order valence-electron chi connectivity index (χ0n) is 21.4. The molecular formula is C25H30N10O3. The van der Waals surface area contributed by atoms with E-state index in [2.05, 4.69) is 47.4 Å². The van der Waals surface area contributed by atoms with Crippen LogP contribution in [0.3, 0.4) is 0 Å². The fourth-order valence-corrected chi connectivity index (χ4v) is 4.82. The average Bonchev–Trinajstić information content (AvgIpc) is 3.74. The van der Waals surface area contributed by atoms with E-state index in [4.69, 9.17) is 24.0 Å². The van der Waals surface area contributed by atoms with Crippen molar-refractivity contribution >= 4 is 23.4 Å². The number of hydrogen-bond acceptors (Lipinski definition) is 12. The topological polar surface area (TPSA) is 143 Å². The van der Waals surface area contributed by atoms with Crippen LogP contribution in [0.5, 0.6) is 5.88 Å². The molecule has 0 amide bonds. The highest BCUT2D eigenvalue weighted by molar-refractivity contribution is 5.62. The molecule has 38 heavy (non-hydrogen) atoms. The molecule has 0 saturated carbocycles. The maximum atomic E-state index is 5.81. The quantitative estimate of drug-likeness (QED) is 0.354. The van der Waals surface area contributed by atoms with Gasteiger partial charge in [-0.1, -0.05) is 12.1 Å². The van der Waals surface area contributed by atoms with E-state index < -0.39 is 0 Å². The van der Waals surface area contributed by atoms with Crippen LogP contribution in [-0.4, -0.2) is 75.2 Å². The van der Waals surface area contributed by atoms with Gasteiger partial charge in [0.05, 0.1) is 26.4 Å². The summed E-state index contributed by atoms with van der Waals surface area (Å²) in [5.41, 5.74) is 2.17. The molecule has 2 aliphatic heterocycles. The molecule has 2 N–H and O–H groups in total. The van der Waals surface area contributed by atoms with Gasteiger partial charge in [-0.2, -0.15) is 15.1 Å². The first kappa shape index (κ1) is 24.1. The van der Waals surface area contributed by atoms with Crippen molar-refractivity contribution in [1.29, 1.82) is 0 Å². The predicted octanol–water partition coefficient (Wildman–Crippen LogP) is 3.14. The Labute approximate surface area is 219 Å². The Morgan fingerprint density at radius 3 is 2.76 bits per heavy atom. The molecule has 1 atom stereocenters. The van der Waals surface area contributed by atoms with Crippen molar-refractivity contribution in [1.82, 2.24) is 35.3 Å². The molecule has 0 aliphatic carbocycles. The molecule has 1 unspecified atom stereocenters. The van der Waals surface area contributed by atoms with E-state index in [0.29, 0.717) is 42.2 Å². The van der Waals surface area contributed by atoms with E-state index >= 15 is 0 Å². The highest BCUT2D eigenvalue weighted by Gasteiger charge is 2.33. The van der Waals surface area contributed by atoms with Crippen LogP contribution in [0.1, 0.15) is 37.3 Å². The first-order valence-corrected chi connectivity index (χ1v) is 12.8. The number of anilines is 4. The van der Waals surface area contributed by atoms with Crippen molar-refractivity contribution in [3.05, 3.63) is 42.0 Å². The molecule has 6 rings (SSSR count). The number of nitrogens with one attached hydrogen (secondary N) is 2. The molecule has 2 fully saturated rings. The van der Waals surface area contributed by atoms with Crippen molar-refractivity contribution in [3.8, 4) is 17.3 Å². The van der Waals surface area contributed by atoms with Crippen LogP contribution in [-0.2, 0) is 11.2 Å². The molecule has 0 bridgehead atoms. The molecule has 13 heteroatoms. The second-order valence-electron chi connectivity index (χ2n) is 9.15. The molecule has 4 aromatic heterocycles. The predicted molar refractivity (Wildman–Crippen MR) is 140 cm³/mol. The molecule has 0 radical (unpaired) electrons.